The van der Waals surface area contributed by atoms with Crippen molar-refractivity contribution in [2.75, 3.05) is 0 Å². The summed E-state index contributed by atoms with van der Waals surface area (Å²) in [6.07, 6.45) is 2.49. The van der Waals surface area contributed by atoms with Crippen molar-refractivity contribution in [1.29, 1.82) is 0 Å². The second-order valence-electron chi connectivity index (χ2n) is 2.94. The van der Waals surface area contributed by atoms with Crippen molar-refractivity contribution in [3.8, 4) is 0 Å². The van der Waals surface area contributed by atoms with Crippen molar-refractivity contribution >= 4 is 5.84 Å². The minimum Gasteiger partial charge on any atom is -0.387 e. The molecule has 52 valence electrons. The highest BCUT2D eigenvalue weighted by atomic mass is 14.9. The van der Waals surface area contributed by atoms with E-state index in [1.54, 1.807) is 0 Å². The first kappa shape index (κ1) is 6.59. The van der Waals surface area contributed by atoms with Crippen LogP contribution >= 0.6 is 0 Å². The Morgan fingerprint density at radius 2 is 2.11 bits per heavy atom. The molecule has 0 amide bonds. The minimum atomic E-state index is 0.422. The van der Waals surface area contributed by atoms with Gasteiger partial charge in [0, 0.05) is 5.92 Å². The highest BCUT2D eigenvalue weighted by molar-refractivity contribution is 5.82. The SMILES string of the molecule is CC(C)C(N)=NC1CC1. The molecule has 1 rings (SSSR count). The fourth-order valence-corrected chi connectivity index (χ4v) is 0.564. The summed E-state index contributed by atoms with van der Waals surface area (Å²) in [6, 6.07) is 0.576. The number of hydrogen-bond donors (Lipinski definition) is 1. The maximum atomic E-state index is 5.61. The molecule has 0 atom stereocenters. The van der Waals surface area contributed by atoms with Gasteiger partial charge >= 0.3 is 0 Å². The molecule has 0 unspecified atom stereocenters. The number of nitrogens with zero attached hydrogens (tertiary/aromatic N) is 1. The number of nitrogens with two attached hydrogens (primary N) is 1. The van der Waals surface area contributed by atoms with E-state index in [1.807, 2.05) is 0 Å². The maximum Gasteiger partial charge on any atom is 0.0966 e. The minimum absolute atomic E-state index is 0.422. The van der Waals surface area contributed by atoms with Crippen LogP contribution in [0.4, 0.5) is 0 Å². The van der Waals surface area contributed by atoms with Crippen LogP contribution in [-0.2, 0) is 0 Å². The molecule has 0 radical (unpaired) electrons. The van der Waals surface area contributed by atoms with E-state index in [1.165, 1.54) is 12.8 Å². The molecule has 0 heterocycles. The predicted octanol–water partition coefficient (Wildman–Crippen LogP) is 1.16. The fraction of sp³-hybridized carbons (Fsp3) is 0.857. The molecule has 2 nitrogen and oxygen atoms in total. The molecule has 0 aromatic rings. The molecule has 2 N–H and O–H groups in total. The standard InChI is InChI=1S/C7H14N2/c1-5(2)7(8)9-6-3-4-6/h5-6H,3-4H2,1-2H3,(H2,8,9). The van der Waals surface area contributed by atoms with Gasteiger partial charge in [-0.25, -0.2) is 0 Å². The topological polar surface area (TPSA) is 38.4 Å². The van der Waals surface area contributed by atoms with Gasteiger partial charge in [0.1, 0.15) is 0 Å². The van der Waals surface area contributed by atoms with Crippen LogP contribution in [0.2, 0.25) is 0 Å². The van der Waals surface area contributed by atoms with Crippen molar-refractivity contribution < 1.29 is 0 Å². The highest BCUT2D eigenvalue weighted by Gasteiger charge is 2.20. The molecule has 2 heteroatoms. The lowest BCUT2D eigenvalue weighted by molar-refractivity contribution is 0.854. The first-order chi connectivity index (χ1) is 4.20. The van der Waals surface area contributed by atoms with Gasteiger partial charge in [-0.1, -0.05) is 13.8 Å². The van der Waals surface area contributed by atoms with Crippen LogP contribution in [0.5, 0.6) is 0 Å². The summed E-state index contributed by atoms with van der Waals surface area (Å²) in [5.74, 6) is 1.24. The second-order valence-corrected chi connectivity index (χ2v) is 2.94. The summed E-state index contributed by atoms with van der Waals surface area (Å²) in [5, 5.41) is 0. The van der Waals surface area contributed by atoms with Crippen LogP contribution in [0.1, 0.15) is 26.7 Å². The summed E-state index contributed by atoms with van der Waals surface area (Å²) >= 11 is 0. The summed E-state index contributed by atoms with van der Waals surface area (Å²) in [5.41, 5.74) is 5.61. The molecule has 0 spiro atoms. The molecule has 9 heavy (non-hydrogen) atoms. The molecule has 0 saturated heterocycles. The van der Waals surface area contributed by atoms with Crippen LogP contribution in [0, 0.1) is 5.92 Å². The van der Waals surface area contributed by atoms with Crippen LogP contribution < -0.4 is 5.73 Å². The Kier molecular flexibility index (Phi) is 1.74. The van der Waals surface area contributed by atoms with Crippen LogP contribution in [-0.4, -0.2) is 11.9 Å². The molecule has 0 aliphatic heterocycles. The number of rotatable bonds is 2. The van der Waals surface area contributed by atoms with Crippen molar-refractivity contribution in [3.05, 3.63) is 0 Å². The third-order valence-electron chi connectivity index (χ3n) is 1.47. The quantitative estimate of drug-likeness (QED) is 0.437. The van der Waals surface area contributed by atoms with E-state index in [2.05, 4.69) is 18.8 Å². The Hall–Kier alpha value is -0.530. The second kappa shape index (κ2) is 2.38. The van der Waals surface area contributed by atoms with Gasteiger partial charge in [0.15, 0.2) is 0 Å². The summed E-state index contributed by atoms with van der Waals surface area (Å²) in [4.78, 5) is 4.28. The third-order valence-corrected chi connectivity index (χ3v) is 1.47. The summed E-state index contributed by atoms with van der Waals surface area (Å²) in [6.45, 7) is 4.14. The number of hydrogen-bond acceptors (Lipinski definition) is 1. The number of amidine groups is 1. The molecule has 1 aliphatic rings. The fourth-order valence-electron chi connectivity index (χ4n) is 0.564. The van der Waals surface area contributed by atoms with Gasteiger partial charge in [0.25, 0.3) is 0 Å². The third kappa shape index (κ3) is 2.04. The van der Waals surface area contributed by atoms with E-state index >= 15 is 0 Å². The Morgan fingerprint density at radius 3 is 2.44 bits per heavy atom. The first-order valence-electron chi connectivity index (χ1n) is 3.53. The van der Waals surface area contributed by atoms with Crippen molar-refractivity contribution in [1.82, 2.24) is 0 Å². The van der Waals surface area contributed by atoms with E-state index in [4.69, 9.17) is 5.73 Å². The molecule has 0 aromatic carbocycles. The molecular formula is C7H14N2. The van der Waals surface area contributed by atoms with Gasteiger partial charge in [0.05, 0.1) is 11.9 Å². The molecular weight excluding hydrogens is 112 g/mol. The van der Waals surface area contributed by atoms with E-state index in [0.29, 0.717) is 12.0 Å². The van der Waals surface area contributed by atoms with Gasteiger partial charge in [-0.3, -0.25) is 4.99 Å². The van der Waals surface area contributed by atoms with Gasteiger partial charge in [0.2, 0.25) is 0 Å². The van der Waals surface area contributed by atoms with Crippen molar-refractivity contribution in [3.63, 3.8) is 0 Å². The van der Waals surface area contributed by atoms with Gasteiger partial charge in [-0.05, 0) is 12.8 Å². The van der Waals surface area contributed by atoms with Crippen LogP contribution in [0.15, 0.2) is 4.99 Å². The molecule has 0 bridgehead atoms. The zero-order valence-corrected chi connectivity index (χ0v) is 6.09. The van der Waals surface area contributed by atoms with Crippen molar-refractivity contribution in [2.24, 2.45) is 16.6 Å². The largest absolute Gasteiger partial charge is 0.387 e. The lowest BCUT2D eigenvalue weighted by Crippen LogP contribution is -2.19. The van der Waals surface area contributed by atoms with Gasteiger partial charge < -0.3 is 5.73 Å². The van der Waals surface area contributed by atoms with E-state index in [9.17, 15) is 0 Å². The van der Waals surface area contributed by atoms with Crippen molar-refractivity contribution in [2.45, 2.75) is 32.7 Å². The van der Waals surface area contributed by atoms with Gasteiger partial charge in [-0.15, -0.1) is 0 Å². The zero-order chi connectivity index (χ0) is 6.85. The predicted molar refractivity (Wildman–Crippen MR) is 39.5 cm³/mol. The van der Waals surface area contributed by atoms with E-state index in [-0.39, 0.29) is 0 Å². The molecule has 0 aromatic heterocycles. The zero-order valence-electron chi connectivity index (χ0n) is 6.09. The summed E-state index contributed by atoms with van der Waals surface area (Å²) < 4.78 is 0. The number of aliphatic imine (C=N–C) groups is 1. The Bertz CT molecular complexity index is 123. The first-order valence-corrected chi connectivity index (χ1v) is 3.53. The molecule has 1 fully saturated rings. The highest BCUT2D eigenvalue weighted by Crippen LogP contribution is 2.23. The van der Waals surface area contributed by atoms with Crippen LogP contribution in [0.3, 0.4) is 0 Å². The summed E-state index contributed by atoms with van der Waals surface area (Å²) in [7, 11) is 0. The lowest BCUT2D eigenvalue weighted by Gasteiger charge is -2.01. The average Bonchev–Trinajstić information content (AvgIpc) is 2.50. The Balaban J connectivity index is 2.37. The lowest BCUT2D eigenvalue weighted by atomic mass is 10.2. The van der Waals surface area contributed by atoms with E-state index < -0.39 is 0 Å². The Morgan fingerprint density at radius 1 is 1.56 bits per heavy atom. The molecule has 1 aliphatic carbocycles. The monoisotopic (exact) mass is 126 g/mol. The van der Waals surface area contributed by atoms with Crippen LogP contribution in [0.25, 0.3) is 0 Å². The average molecular weight is 126 g/mol. The normalized spacial score (nSPS) is 21.0. The maximum absolute atomic E-state index is 5.61. The molecule has 1 saturated carbocycles. The smallest absolute Gasteiger partial charge is 0.0966 e. The van der Waals surface area contributed by atoms with E-state index in [0.717, 1.165) is 5.84 Å². The van der Waals surface area contributed by atoms with Gasteiger partial charge in [-0.2, -0.15) is 0 Å². The Labute approximate surface area is 56.2 Å².